The number of para-hydroxylation sites is 1. The molecule has 8 heteroatoms. The van der Waals surface area contributed by atoms with Crippen LogP contribution in [0, 0.1) is 5.92 Å². The number of nitrogens with zero attached hydrogens (tertiary/aromatic N) is 3. The third-order valence-electron chi connectivity index (χ3n) is 4.84. The van der Waals surface area contributed by atoms with E-state index in [1.807, 2.05) is 18.2 Å². The van der Waals surface area contributed by atoms with Crippen molar-refractivity contribution in [1.82, 2.24) is 15.3 Å². The van der Waals surface area contributed by atoms with Gasteiger partial charge in [-0.25, -0.2) is 4.98 Å². The van der Waals surface area contributed by atoms with Gasteiger partial charge < -0.3 is 15.5 Å². The van der Waals surface area contributed by atoms with E-state index in [1.165, 1.54) is 10.9 Å². The molecule has 1 aliphatic rings. The van der Waals surface area contributed by atoms with Gasteiger partial charge in [-0.15, -0.1) is 0 Å². The second-order valence-electron chi connectivity index (χ2n) is 6.80. The number of anilines is 2. The Labute approximate surface area is 166 Å². The van der Waals surface area contributed by atoms with Gasteiger partial charge in [0, 0.05) is 25.8 Å². The van der Waals surface area contributed by atoms with Crippen LogP contribution in [0.15, 0.2) is 48.8 Å². The number of piperidine rings is 1. The zero-order valence-corrected chi connectivity index (χ0v) is 16.1. The number of carbonyl (C=O) groups excluding carboxylic acids is 2. The minimum absolute atomic E-state index is 0.362. The van der Waals surface area contributed by atoms with Gasteiger partial charge in [-0.05, 0) is 43.0 Å². The van der Waals surface area contributed by atoms with Gasteiger partial charge in [0.25, 0.3) is 0 Å². The lowest BCUT2D eigenvalue weighted by Crippen LogP contribution is -2.41. The van der Waals surface area contributed by atoms with Gasteiger partial charge in [-0.2, -0.15) is 0 Å². The first-order valence-electron chi connectivity index (χ1n) is 9.29. The molecular formula is C20H21N5O2S. The van der Waals surface area contributed by atoms with Gasteiger partial charge in [0.05, 0.1) is 22.1 Å². The summed E-state index contributed by atoms with van der Waals surface area (Å²) in [5.74, 6) is -0.918. The average Bonchev–Trinajstić information content (AvgIpc) is 3.17. The fraction of sp³-hybridized carbons (Fsp3) is 0.300. The number of hydrogen-bond donors (Lipinski definition) is 2. The van der Waals surface area contributed by atoms with E-state index in [4.69, 9.17) is 4.98 Å². The lowest BCUT2D eigenvalue weighted by atomic mass is 9.97. The molecule has 2 N–H and O–H groups in total. The van der Waals surface area contributed by atoms with Crippen molar-refractivity contribution < 1.29 is 9.59 Å². The Kier molecular flexibility index (Phi) is 5.48. The maximum atomic E-state index is 12.0. The predicted molar refractivity (Wildman–Crippen MR) is 110 cm³/mol. The Morgan fingerprint density at radius 1 is 1.11 bits per heavy atom. The summed E-state index contributed by atoms with van der Waals surface area (Å²) < 4.78 is 1.20. The zero-order valence-electron chi connectivity index (χ0n) is 15.3. The van der Waals surface area contributed by atoms with Crippen molar-refractivity contribution in [3.8, 4) is 0 Å². The molecule has 144 valence electrons. The van der Waals surface area contributed by atoms with E-state index in [0.717, 1.165) is 36.6 Å². The van der Waals surface area contributed by atoms with Crippen molar-refractivity contribution in [2.45, 2.75) is 12.8 Å². The van der Waals surface area contributed by atoms with Crippen LogP contribution in [0.5, 0.6) is 0 Å². The molecule has 2 aromatic heterocycles. The minimum Gasteiger partial charge on any atom is -0.348 e. The molecule has 28 heavy (non-hydrogen) atoms. The Hall–Kier alpha value is -3.00. The van der Waals surface area contributed by atoms with Crippen LogP contribution in [0.3, 0.4) is 0 Å². The van der Waals surface area contributed by atoms with E-state index >= 15 is 0 Å². The highest BCUT2D eigenvalue weighted by Crippen LogP contribution is 2.31. The van der Waals surface area contributed by atoms with Gasteiger partial charge in [0.2, 0.25) is 0 Å². The highest BCUT2D eigenvalue weighted by Gasteiger charge is 2.23. The van der Waals surface area contributed by atoms with Crippen molar-refractivity contribution in [3.63, 3.8) is 0 Å². The first-order valence-corrected chi connectivity index (χ1v) is 10.1. The number of benzene rings is 1. The summed E-state index contributed by atoms with van der Waals surface area (Å²) in [5.41, 5.74) is 1.54. The number of thiazole rings is 1. The Morgan fingerprint density at radius 2 is 1.93 bits per heavy atom. The van der Waals surface area contributed by atoms with Crippen LogP contribution in [0.1, 0.15) is 12.8 Å². The molecule has 1 fully saturated rings. The zero-order chi connectivity index (χ0) is 19.3. The number of amides is 2. The lowest BCUT2D eigenvalue weighted by molar-refractivity contribution is -0.136. The lowest BCUT2D eigenvalue weighted by Gasteiger charge is -2.31. The summed E-state index contributed by atoms with van der Waals surface area (Å²) >= 11 is 1.72. The van der Waals surface area contributed by atoms with E-state index in [1.54, 1.807) is 29.7 Å². The second-order valence-corrected chi connectivity index (χ2v) is 7.81. The highest BCUT2D eigenvalue weighted by atomic mass is 32.1. The van der Waals surface area contributed by atoms with Crippen molar-refractivity contribution in [2.75, 3.05) is 29.9 Å². The molecule has 0 spiro atoms. The van der Waals surface area contributed by atoms with Crippen LogP contribution in [-0.4, -0.2) is 41.4 Å². The Bertz CT molecular complexity index is 934. The molecule has 3 heterocycles. The predicted octanol–water partition coefficient (Wildman–Crippen LogP) is 2.66. The van der Waals surface area contributed by atoms with Crippen LogP contribution < -0.4 is 15.5 Å². The first kappa shape index (κ1) is 18.4. The summed E-state index contributed by atoms with van der Waals surface area (Å²) in [5, 5.41) is 6.34. The quantitative estimate of drug-likeness (QED) is 0.663. The van der Waals surface area contributed by atoms with Gasteiger partial charge in [-0.1, -0.05) is 23.5 Å². The number of carbonyl (C=O) groups is 2. The van der Waals surface area contributed by atoms with E-state index in [0.29, 0.717) is 18.2 Å². The standard InChI is InChI=1S/C20H21N5O2S/c26-18(19(27)23-15-4-3-9-21-13-15)22-12-14-7-10-25(11-8-14)20-24-16-5-1-2-6-17(16)28-20/h1-6,9,13-14H,7-8,10-12H2,(H,22,26)(H,23,27). The monoisotopic (exact) mass is 395 g/mol. The molecule has 2 amide bonds. The van der Waals surface area contributed by atoms with E-state index < -0.39 is 11.8 Å². The molecule has 1 saturated heterocycles. The molecule has 1 aliphatic heterocycles. The number of hydrogen-bond acceptors (Lipinski definition) is 6. The molecule has 0 aliphatic carbocycles. The van der Waals surface area contributed by atoms with Crippen molar-refractivity contribution in [3.05, 3.63) is 48.8 Å². The number of nitrogens with one attached hydrogen (secondary N) is 2. The Morgan fingerprint density at radius 3 is 2.68 bits per heavy atom. The van der Waals surface area contributed by atoms with Gasteiger partial charge >= 0.3 is 11.8 Å². The number of fused-ring (bicyclic) bond motifs is 1. The largest absolute Gasteiger partial charge is 0.348 e. The van der Waals surface area contributed by atoms with E-state index in [-0.39, 0.29) is 0 Å². The summed E-state index contributed by atoms with van der Waals surface area (Å²) in [6.45, 7) is 2.32. The summed E-state index contributed by atoms with van der Waals surface area (Å²) in [4.78, 5) is 34.9. The van der Waals surface area contributed by atoms with Crippen LogP contribution in [0.2, 0.25) is 0 Å². The summed E-state index contributed by atoms with van der Waals surface area (Å²) in [6, 6.07) is 11.6. The molecule has 0 atom stereocenters. The van der Waals surface area contributed by atoms with Gasteiger partial charge in [0.1, 0.15) is 0 Å². The summed E-state index contributed by atoms with van der Waals surface area (Å²) in [7, 11) is 0. The first-order chi connectivity index (χ1) is 13.7. The average molecular weight is 395 g/mol. The molecule has 0 saturated carbocycles. The minimum atomic E-state index is -0.667. The van der Waals surface area contributed by atoms with Gasteiger partial charge in [0.15, 0.2) is 5.13 Å². The SMILES string of the molecule is O=C(NCC1CCN(c2nc3ccccc3s2)CC1)C(=O)Nc1cccnc1. The highest BCUT2D eigenvalue weighted by molar-refractivity contribution is 7.22. The molecule has 0 unspecified atom stereocenters. The van der Waals surface area contributed by atoms with Crippen LogP contribution >= 0.6 is 11.3 Å². The van der Waals surface area contributed by atoms with Crippen molar-refractivity contribution in [2.24, 2.45) is 5.92 Å². The van der Waals surface area contributed by atoms with Crippen molar-refractivity contribution >= 4 is 44.2 Å². The fourth-order valence-corrected chi connectivity index (χ4v) is 4.28. The van der Waals surface area contributed by atoms with Gasteiger partial charge in [-0.3, -0.25) is 14.6 Å². The molecule has 7 nitrogen and oxygen atoms in total. The molecule has 4 rings (SSSR count). The van der Waals surface area contributed by atoms with Crippen LogP contribution in [-0.2, 0) is 9.59 Å². The number of rotatable bonds is 4. The molecule has 0 radical (unpaired) electrons. The maximum Gasteiger partial charge on any atom is 0.313 e. The van der Waals surface area contributed by atoms with E-state index in [2.05, 4.69) is 26.6 Å². The third kappa shape index (κ3) is 4.28. The second kappa shape index (κ2) is 8.35. The maximum absolute atomic E-state index is 12.0. The number of aromatic nitrogens is 2. The molecule has 1 aromatic carbocycles. The summed E-state index contributed by atoms with van der Waals surface area (Å²) in [6.07, 6.45) is 5.03. The normalized spacial score (nSPS) is 14.8. The topological polar surface area (TPSA) is 87.2 Å². The van der Waals surface area contributed by atoms with E-state index in [9.17, 15) is 9.59 Å². The molecule has 0 bridgehead atoms. The smallest absolute Gasteiger partial charge is 0.313 e. The third-order valence-corrected chi connectivity index (χ3v) is 5.94. The number of pyridine rings is 1. The molecule has 3 aromatic rings. The Balaban J connectivity index is 1.24. The van der Waals surface area contributed by atoms with Crippen molar-refractivity contribution in [1.29, 1.82) is 0 Å². The molecular weight excluding hydrogens is 374 g/mol. The fourth-order valence-electron chi connectivity index (χ4n) is 3.27. The van der Waals surface area contributed by atoms with Crippen LogP contribution in [0.25, 0.3) is 10.2 Å². The van der Waals surface area contributed by atoms with Crippen LogP contribution in [0.4, 0.5) is 10.8 Å².